The zero-order chi connectivity index (χ0) is 13.5. The maximum absolute atomic E-state index is 11.9. The number of nitrogens with zero attached hydrogens (tertiary/aromatic N) is 3. The molecule has 2 rings (SSSR count). The first-order valence-corrected chi connectivity index (χ1v) is 6.90. The molecule has 1 aromatic rings. The summed E-state index contributed by atoms with van der Waals surface area (Å²) in [5, 5.41) is 3.12. The van der Waals surface area contributed by atoms with Crippen LogP contribution in [0.15, 0.2) is 17.2 Å². The minimum atomic E-state index is -0.0450. The number of ether oxygens (including phenoxy) is 1. The molecule has 2 heterocycles. The molecule has 1 aromatic heterocycles. The fourth-order valence-corrected chi connectivity index (χ4v) is 2.15. The predicted molar refractivity (Wildman–Crippen MR) is 74.5 cm³/mol. The van der Waals surface area contributed by atoms with Crippen molar-refractivity contribution < 1.29 is 4.74 Å². The Morgan fingerprint density at radius 3 is 2.95 bits per heavy atom. The molecule has 0 spiro atoms. The summed E-state index contributed by atoms with van der Waals surface area (Å²) in [6.07, 6.45) is 4.37. The van der Waals surface area contributed by atoms with E-state index in [2.05, 4.69) is 15.2 Å². The van der Waals surface area contributed by atoms with E-state index in [0.717, 1.165) is 45.8 Å². The second kappa shape index (κ2) is 7.25. The molecule has 1 saturated heterocycles. The van der Waals surface area contributed by atoms with Crippen molar-refractivity contribution in [2.75, 3.05) is 44.7 Å². The molecule has 0 saturated carbocycles. The molecule has 0 atom stereocenters. The first kappa shape index (κ1) is 14.0. The van der Waals surface area contributed by atoms with Crippen molar-refractivity contribution in [1.82, 2.24) is 14.5 Å². The Bertz CT molecular complexity index is 441. The van der Waals surface area contributed by atoms with Crippen molar-refractivity contribution in [2.45, 2.75) is 19.9 Å². The van der Waals surface area contributed by atoms with Gasteiger partial charge in [-0.1, -0.05) is 0 Å². The summed E-state index contributed by atoms with van der Waals surface area (Å²) < 4.78 is 6.96. The normalized spacial score (nSPS) is 16.5. The summed E-state index contributed by atoms with van der Waals surface area (Å²) in [7, 11) is 0. The lowest BCUT2D eigenvalue weighted by molar-refractivity contribution is 0.0378. The van der Waals surface area contributed by atoms with E-state index in [-0.39, 0.29) is 5.56 Å². The maximum Gasteiger partial charge on any atom is 0.293 e. The van der Waals surface area contributed by atoms with Gasteiger partial charge in [-0.2, -0.15) is 0 Å². The lowest BCUT2D eigenvalue weighted by atomic mass is 10.3. The minimum Gasteiger partial charge on any atom is -0.379 e. The molecular weight excluding hydrogens is 244 g/mol. The van der Waals surface area contributed by atoms with Crippen LogP contribution in [-0.2, 0) is 11.3 Å². The van der Waals surface area contributed by atoms with Crippen molar-refractivity contribution in [2.24, 2.45) is 0 Å². The summed E-state index contributed by atoms with van der Waals surface area (Å²) in [4.78, 5) is 18.4. The quantitative estimate of drug-likeness (QED) is 0.755. The number of rotatable bonds is 6. The number of morpholine rings is 1. The summed E-state index contributed by atoms with van der Waals surface area (Å²) in [6, 6.07) is 0. The second-order valence-electron chi connectivity index (χ2n) is 4.60. The number of anilines is 1. The first-order valence-electron chi connectivity index (χ1n) is 6.90. The van der Waals surface area contributed by atoms with Crippen molar-refractivity contribution >= 4 is 5.82 Å². The van der Waals surface area contributed by atoms with E-state index < -0.39 is 0 Å². The Morgan fingerprint density at radius 1 is 1.42 bits per heavy atom. The van der Waals surface area contributed by atoms with Gasteiger partial charge in [0.05, 0.1) is 13.2 Å². The Hall–Kier alpha value is -1.40. The van der Waals surface area contributed by atoms with Crippen LogP contribution in [0.25, 0.3) is 0 Å². The van der Waals surface area contributed by atoms with Gasteiger partial charge in [-0.3, -0.25) is 9.69 Å². The Morgan fingerprint density at radius 2 is 2.21 bits per heavy atom. The molecule has 6 nitrogen and oxygen atoms in total. The van der Waals surface area contributed by atoms with E-state index in [1.54, 1.807) is 17.0 Å². The van der Waals surface area contributed by atoms with E-state index in [4.69, 9.17) is 4.74 Å². The molecule has 1 N–H and O–H groups in total. The molecule has 0 radical (unpaired) electrons. The summed E-state index contributed by atoms with van der Waals surface area (Å²) in [6.45, 7) is 8.09. The van der Waals surface area contributed by atoms with E-state index in [1.165, 1.54) is 0 Å². The van der Waals surface area contributed by atoms with Gasteiger partial charge in [-0.05, 0) is 19.9 Å². The third-order valence-corrected chi connectivity index (χ3v) is 3.30. The maximum atomic E-state index is 11.9. The molecule has 0 bridgehead atoms. The highest BCUT2D eigenvalue weighted by atomic mass is 16.5. The zero-order valence-corrected chi connectivity index (χ0v) is 11.5. The first-order chi connectivity index (χ1) is 9.31. The van der Waals surface area contributed by atoms with Gasteiger partial charge < -0.3 is 14.6 Å². The van der Waals surface area contributed by atoms with Crippen LogP contribution in [0.5, 0.6) is 0 Å². The van der Waals surface area contributed by atoms with Crippen LogP contribution in [0.4, 0.5) is 5.82 Å². The summed E-state index contributed by atoms with van der Waals surface area (Å²) in [5.41, 5.74) is -0.0450. The van der Waals surface area contributed by atoms with E-state index >= 15 is 0 Å². The topological polar surface area (TPSA) is 59.4 Å². The Kier molecular flexibility index (Phi) is 5.35. The van der Waals surface area contributed by atoms with Gasteiger partial charge in [-0.25, -0.2) is 4.98 Å². The van der Waals surface area contributed by atoms with Gasteiger partial charge in [0, 0.05) is 38.6 Å². The van der Waals surface area contributed by atoms with Gasteiger partial charge in [0.25, 0.3) is 5.56 Å². The smallest absolute Gasteiger partial charge is 0.293 e. The van der Waals surface area contributed by atoms with Gasteiger partial charge >= 0.3 is 0 Å². The van der Waals surface area contributed by atoms with Crippen LogP contribution in [0.2, 0.25) is 0 Å². The Labute approximate surface area is 113 Å². The fraction of sp³-hybridized carbons (Fsp3) is 0.692. The van der Waals surface area contributed by atoms with Crippen LogP contribution in [0.3, 0.4) is 0 Å². The SMILES string of the molecule is CCn1ccnc(NCCCN2CCOCC2)c1=O. The standard InChI is InChI=1S/C13H22N4O2/c1-2-17-7-5-15-12(13(17)18)14-4-3-6-16-8-10-19-11-9-16/h5,7H,2-4,6,8-11H2,1H3,(H,14,15). The molecule has 6 heteroatoms. The monoisotopic (exact) mass is 266 g/mol. The van der Waals surface area contributed by atoms with Gasteiger partial charge in [0.15, 0.2) is 5.82 Å². The number of hydrogen-bond donors (Lipinski definition) is 1. The molecule has 19 heavy (non-hydrogen) atoms. The second-order valence-corrected chi connectivity index (χ2v) is 4.60. The van der Waals surface area contributed by atoms with Crippen molar-refractivity contribution in [1.29, 1.82) is 0 Å². The van der Waals surface area contributed by atoms with E-state index in [0.29, 0.717) is 12.4 Å². The third kappa shape index (κ3) is 4.04. The summed E-state index contributed by atoms with van der Waals surface area (Å²) >= 11 is 0. The molecule has 1 aliphatic heterocycles. The highest BCUT2D eigenvalue weighted by Crippen LogP contribution is 1.99. The largest absolute Gasteiger partial charge is 0.379 e. The van der Waals surface area contributed by atoms with Crippen molar-refractivity contribution in [3.8, 4) is 0 Å². The average molecular weight is 266 g/mol. The van der Waals surface area contributed by atoms with Crippen LogP contribution in [0, 0.1) is 0 Å². The number of nitrogens with one attached hydrogen (secondary N) is 1. The Balaban J connectivity index is 1.75. The van der Waals surface area contributed by atoms with Gasteiger partial charge in [-0.15, -0.1) is 0 Å². The average Bonchev–Trinajstić information content (AvgIpc) is 2.46. The molecular formula is C13H22N4O2. The van der Waals surface area contributed by atoms with Crippen molar-refractivity contribution in [3.63, 3.8) is 0 Å². The molecule has 1 fully saturated rings. The molecule has 106 valence electrons. The van der Waals surface area contributed by atoms with Gasteiger partial charge in [0.2, 0.25) is 0 Å². The number of aromatic nitrogens is 2. The zero-order valence-electron chi connectivity index (χ0n) is 11.5. The predicted octanol–water partition coefficient (Wildman–Crippen LogP) is 0.397. The van der Waals surface area contributed by atoms with Crippen molar-refractivity contribution in [3.05, 3.63) is 22.7 Å². The molecule has 0 aromatic carbocycles. The summed E-state index contributed by atoms with van der Waals surface area (Å²) in [5.74, 6) is 0.450. The highest BCUT2D eigenvalue weighted by Gasteiger charge is 2.09. The lowest BCUT2D eigenvalue weighted by Gasteiger charge is -2.26. The molecule has 0 unspecified atom stereocenters. The van der Waals surface area contributed by atoms with Gasteiger partial charge in [0.1, 0.15) is 0 Å². The molecule has 1 aliphatic rings. The molecule has 0 amide bonds. The van der Waals surface area contributed by atoms with Crippen LogP contribution < -0.4 is 10.9 Å². The highest BCUT2D eigenvalue weighted by molar-refractivity contribution is 5.30. The fourth-order valence-electron chi connectivity index (χ4n) is 2.15. The van der Waals surface area contributed by atoms with E-state index in [1.807, 2.05) is 6.92 Å². The van der Waals surface area contributed by atoms with Crippen LogP contribution in [-0.4, -0.2) is 53.8 Å². The number of hydrogen-bond acceptors (Lipinski definition) is 5. The van der Waals surface area contributed by atoms with Crippen LogP contribution in [0.1, 0.15) is 13.3 Å². The number of aryl methyl sites for hydroxylation is 1. The minimum absolute atomic E-state index is 0.0450. The van der Waals surface area contributed by atoms with Crippen LogP contribution >= 0.6 is 0 Å². The molecule has 0 aliphatic carbocycles. The third-order valence-electron chi connectivity index (χ3n) is 3.30. The lowest BCUT2D eigenvalue weighted by Crippen LogP contribution is -2.37. The van der Waals surface area contributed by atoms with E-state index in [9.17, 15) is 4.79 Å².